The van der Waals surface area contributed by atoms with Crippen LogP contribution in [0, 0.1) is 0 Å². The Bertz CT molecular complexity index is 566. The Morgan fingerprint density at radius 1 is 1.32 bits per heavy atom. The van der Waals surface area contributed by atoms with Crippen molar-refractivity contribution in [2.45, 2.75) is 6.42 Å². The third-order valence-corrected chi connectivity index (χ3v) is 2.94. The number of nitrogens with zero attached hydrogens (tertiary/aromatic N) is 2. The first-order valence-electron chi connectivity index (χ1n) is 6.44. The van der Waals surface area contributed by atoms with E-state index in [4.69, 9.17) is 0 Å². The molecule has 0 aliphatic heterocycles. The zero-order valence-electron chi connectivity index (χ0n) is 11.4. The van der Waals surface area contributed by atoms with Gasteiger partial charge in [0.1, 0.15) is 0 Å². The van der Waals surface area contributed by atoms with E-state index in [0.29, 0.717) is 12.1 Å². The van der Waals surface area contributed by atoms with Gasteiger partial charge in [-0.15, -0.1) is 0 Å². The van der Waals surface area contributed by atoms with Crippen molar-refractivity contribution in [2.75, 3.05) is 27.2 Å². The molecule has 0 atom stereocenters. The molecule has 0 aliphatic rings. The Morgan fingerprint density at radius 3 is 2.95 bits per heavy atom. The van der Waals surface area contributed by atoms with Gasteiger partial charge in [0.05, 0.1) is 5.52 Å². The standard InChI is InChI=1S/C15H19N3O/c1-18(2)10-4-9-17-15(19)13-7-6-12-5-3-8-16-14(12)11-13/h3,5-8,11H,4,9-10H2,1-2H3,(H,17,19). The zero-order chi connectivity index (χ0) is 13.7. The predicted molar refractivity (Wildman–Crippen MR) is 77.2 cm³/mol. The Hall–Kier alpha value is -1.94. The predicted octanol–water partition coefficient (Wildman–Crippen LogP) is 1.92. The number of fused-ring (bicyclic) bond motifs is 1. The number of rotatable bonds is 5. The van der Waals surface area contributed by atoms with E-state index >= 15 is 0 Å². The summed E-state index contributed by atoms with van der Waals surface area (Å²) in [5, 5.41) is 3.97. The van der Waals surface area contributed by atoms with E-state index in [-0.39, 0.29) is 5.91 Å². The number of nitrogens with one attached hydrogen (secondary N) is 1. The lowest BCUT2D eigenvalue weighted by Crippen LogP contribution is -2.27. The van der Waals surface area contributed by atoms with Crippen LogP contribution in [0.2, 0.25) is 0 Å². The molecule has 0 bridgehead atoms. The molecule has 19 heavy (non-hydrogen) atoms. The minimum absolute atomic E-state index is 0.0358. The van der Waals surface area contributed by atoms with Gasteiger partial charge in [-0.2, -0.15) is 0 Å². The van der Waals surface area contributed by atoms with Gasteiger partial charge in [-0.3, -0.25) is 9.78 Å². The molecule has 1 N–H and O–H groups in total. The summed E-state index contributed by atoms with van der Waals surface area (Å²) < 4.78 is 0. The number of benzene rings is 1. The minimum Gasteiger partial charge on any atom is -0.352 e. The smallest absolute Gasteiger partial charge is 0.251 e. The summed E-state index contributed by atoms with van der Waals surface area (Å²) in [5.74, 6) is -0.0358. The minimum atomic E-state index is -0.0358. The van der Waals surface area contributed by atoms with Gasteiger partial charge in [0.2, 0.25) is 0 Å². The van der Waals surface area contributed by atoms with Crippen molar-refractivity contribution >= 4 is 16.8 Å². The summed E-state index contributed by atoms with van der Waals surface area (Å²) in [5.41, 5.74) is 1.51. The van der Waals surface area contributed by atoms with Crippen molar-refractivity contribution in [1.29, 1.82) is 0 Å². The SMILES string of the molecule is CN(C)CCCNC(=O)c1ccc2cccnc2c1. The molecule has 1 heterocycles. The van der Waals surface area contributed by atoms with Crippen LogP contribution in [0.1, 0.15) is 16.8 Å². The summed E-state index contributed by atoms with van der Waals surface area (Å²) in [6.45, 7) is 1.66. The molecular formula is C15H19N3O. The van der Waals surface area contributed by atoms with Crippen molar-refractivity contribution in [1.82, 2.24) is 15.2 Å². The molecule has 0 saturated carbocycles. The highest BCUT2D eigenvalue weighted by atomic mass is 16.1. The molecule has 0 aliphatic carbocycles. The molecule has 2 aromatic rings. The van der Waals surface area contributed by atoms with Crippen LogP contribution in [0.25, 0.3) is 10.9 Å². The van der Waals surface area contributed by atoms with Gasteiger partial charge in [0.15, 0.2) is 0 Å². The Morgan fingerprint density at radius 2 is 2.16 bits per heavy atom. The van der Waals surface area contributed by atoms with Crippen LogP contribution in [0.5, 0.6) is 0 Å². The van der Waals surface area contributed by atoms with E-state index in [1.54, 1.807) is 6.20 Å². The highest BCUT2D eigenvalue weighted by Crippen LogP contribution is 2.12. The van der Waals surface area contributed by atoms with Crippen LogP contribution >= 0.6 is 0 Å². The average molecular weight is 257 g/mol. The summed E-state index contributed by atoms with van der Waals surface area (Å²) in [6, 6.07) is 9.48. The van der Waals surface area contributed by atoms with Crippen molar-refractivity contribution in [3.05, 3.63) is 42.1 Å². The largest absolute Gasteiger partial charge is 0.352 e. The van der Waals surface area contributed by atoms with E-state index in [2.05, 4.69) is 15.2 Å². The molecule has 0 saturated heterocycles. The van der Waals surface area contributed by atoms with Crippen molar-refractivity contribution in [3.63, 3.8) is 0 Å². The number of hydrogen-bond acceptors (Lipinski definition) is 3. The molecular weight excluding hydrogens is 238 g/mol. The highest BCUT2D eigenvalue weighted by molar-refractivity contribution is 5.97. The Balaban J connectivity index is 1.97. The number of carbonyl (C=O) groups excluding carboxylic acids is 1. The first-order valence-corrected chi connectivity index (χ1v) is 6.44. The number of aromatic nitrogens is 1. The fourth-order valence-corrected chi connectivity index (χ4v) is 1.91. The maximum absolute atomic E-state index is 12.0. The number of hydrogen-bond donors (Lipinski definition) is 1. The second-order valence-electron chi connectivity index (χ2n) is 4.82. The number of amides is 1. The van der Waals surface area contributed by atoms with E-state index in [1.165, 1.54) is 0 Å². The molecule has 1 aromatic carbocycles. The topological polar surface area (TPSA) is 45.2 Å². The molecule has 0 spiro atoms. The highest BCUT2D eigenvalue weighted by Gasteiger charge is 2.05. The maximum atomic E-state index is 12.0. The lowest BCUT2D eigenvalue weighted by molar-refractivity contribution is 0.0952. The summed E-state index contributed by atoms with van der Waals surface area (Å²) >= 11 is 0. The molecule has 0 radical (unpaired) electrons. The third-order valence-electron chi connectivity index (χ3n) is 2.94. The molecule has 2 rings (SSSR count). The van der Waals surface area contributed by atoms with E-state index in [9.17, 15) is 4.79 Å². The summed E-state index contributed by atoms with van der Waals surface area (Å²) in [7, 11) is 4.05. The fourth-order valence-electron chi connectivity index (χ4n) is 1.91. The third kappa shape index (κ3) is 3.76. The van der Waals surface area contributed by atoms with Gasteiger partial charge in [0, 0.05) is 23.7 Å². The Kier molecular flexibility index (Phi) is 4.47. The molecule has 1 aromatic heterocycles. The fraction of sp³-hybridized carbons (Fsp3) is 0.333. The molecule has 4 nitrogen and oxygen atoms in total. The molecule has 4 heteroatoms. The molecule has 100 valence electrons. The second-order valence-corrected chi connectivity index (χ2v) is 4.82. The van der Waals surface area contributed by atoms with Gasteiger partial charge in [0.25, 0.3) is 5.91 Å². The van der Waals surface area contributed by atoms with E-state index < -0.39 is 0 Å². The molecule has 0 unspecified atom stereocenters. The zero-order valence-corrected chi connectivity index (χ0v) is 11.4. The lowest BCUT2D eigenvalue weighted by Gasteiger charge is -2.10. The Labute approximate surface area is 113 Å². The maximum Gasteiger partial charge on any atom is 0.251 e. The normalized spacial score (nSPS) is 10.9. The molecule has 0 fully saturated rings. The first-order chi connectivity index (χ1) is 9.16. The lowest BCUT2D eigenvalue weighted by atomic mass is 10.1. The van der Waals surface area contributed by atoms with Crippen LogP contribution in [0.3, 0.4) is 0 Å². The van der Waals surface area contributed by atoms with Gasteiger partial charge >= 0.3 is 0 Å². The average Bonchev–Trinajstić information content (AvgIpc) is 2.42. The van der Waals surface area contributed by atoms with Gasteiger partial charge in [-0.1, -0.05) is 12.1 Å². The first kappa shape index (κ1) is 13.5. The van der Waals surface area contributed by atoms with Crippen LogP contribution in [-0.4, -0.2) is 43.0 Å². The number of carbonyl (C=O) groups is 1. The van der Waals surface area contributed by atoms with Crippen molar-refractivity contribution in [2.24, 2.45) is 0 Å². The summed E-state index contributed by atoms with van der Waals surface area (Å²) in [4.78, 5) is 18.3. The summed E-state index contributed by atoms with van der Waals surface area (Å²) in [6.07, 6.45) is 2.69. The quantitative estimate of drug-likeness (QED) is 0.832. The van der Waals surface area contributed by atoms with Crippen LogP contribution in [0.4, 0.5) is 0 Å². The van der Waals surface area contributed by atoms with E-state index in [0.717, 1.165) is 23.9 Å². The number of pyridine rings is 1. The van der Waals surface area contributed by atoms with Crippen molar-refractivity contribution in [3.8, 4) is 0 Å². The van der Waals surface area contributed by atoms with Gasteiger partial charge in [-0.25, -0.2) is 0 Å². The van der Waals surface area contributed by atoms with Gasteiger partial charge in [-0.05, 0) is 45.3 Å². The molecule has 1 amide bonds. The monoisotopic (exact) mass is 257 g/mol. The van der Waals surface area contributed by atoms with Gasteiger partial charge < -0.3 is 10.2 Å². The van der Waals surface area contributed by atoms with Crippen LogP contribution < -0.4 is 5.32 Å². The van der Waals surface area contributed by atoms with Crippen molar-refractivity contribution < 1.29 is 4.79 Å². The van der Waals surface area contributed by atoms with Crippen LogP contribution in [-0.2, 0) is 0 Å². The second kappa shape index (κ2) is 6.29. The van der Waals surface area contributed by atoms with E-state index in [1.807, 2.05) is 44.4 Å². The van der Waals surface area contributed by atoms with Crippen LogP contribution in [0.15, 0.2) is 36.5 Å².